The van der Waals surface area contributed by atoms with E-state index >= 15 is 0 Å². The first-order valence-electron chi connectivity index (χ1n) is 6.57. The maximum atomic E-state index is 13.2. The minimum absolute atomic E-state index is 0.0263. The number of hydrogen-bond donors (Lipinski definition) is 1. The molecule has 0 atom stereocenters. The Morgan fingerprint density at radius 2 is 1.96 bits per heavy atom. The van der Waals surface area contributed by atoms with Crippen LogP contribution in [0.25, 0.3) is 22.6 Å². The molecule has 3 rings (SSSR count). The van der Waals surface area contributed by atoms with Crippen LogP contribution in [0.5, 0.6) is 6.01 Å². The van der Waals surface area contributed by atoms with Crippen LogP contribution in [0.2, 0.25) is 5.02 Å². The number of rotatable bonds is 3. The molecule has 2 aromatic heterocycles. The van der Waals surface area contributed by atoms with E-state index in [0.29, 0.717) is 5.56 Å². The van der Waals surface area contributed by atoms with E-state index in [4.69, 9.17) is 11.6 Å². The number of nitrogens with one attached hydrogen (secondary N) is 1. The van der Waals surface area contributed by atoms with E-state index in [2.05, 4.69) is 24.7 Å². The highest BCUT2D eigenvalue weighted by atomic mass is 35.5. The lowest BCUT2D eigenvalue weighted by atomic mass is 10.1. The number of fused-ring (bicyclic) bond motifs is 1. The van der Waals surface area contributed by atoms with Crippen molar-refractivity contribution in [2.24, 2.45) is 0 Å². The first-order valence-corrected chi connectivity index (χ1v) is 6.95. The zero-order chi connectivity index (χ0) is 17.5. The number of ether oxygens (including phenoxy) is 1. The van der Waals surface area contributed by atoms with Gasteiger partial charge in [-0.3, -0.25) is 0 Å². The Morgan fingerprint density at radius 3 is 2.58 bits per heavy atom. The van der Waals surface area contributed by atoms with Gasteiger partial charge < -0.3 is 9.72 Å². The number of nitrogens with zero attached hydrogens (tertiary/aromatic N) is 3. The highest BCUT2D eigenvalue weighted by Gasteiger charge is 2.37. The second-order valence-corrected chi connectivity index (χ2v) is 5.20. The first kappa shape index (κ1) is 16.4. The van der Waals surface area contributed by atoms with Crippen molar-refractivity contribution in [2.75, 3.05) is 7.11 Å². The quantitative estimate of drug-likeness (QED) is 0.712. The Morgan fingerprint density at radius 1 is 1.21 bits per heavy atom. The van der Waals surface area contributed by atoms with Crippen LogP contribution in [0.15, 0.2) is 18.2 Å². The molecule has 0 bridgehead atoms. The number of benzene rings is 1. The average Bonchev–Trinajstić information content (AvgIpc) is 2.96. The maximum absolute atomic E-state index is 13.2. The fraction of sp³-hybridized carbons (Fsp3) is 0.214. The van der Waals surface area contributed by atoms with Gasteiger partial charge in [0.15, 0.2) is 11.3 Å². The van der Waals surface area contributed by atoms with Crippen LogP contribution in [0.1, 0.15) is 11.3 Å². The summed E-state index contributed by atoms with van der Waals surface area (Å²) < 4.78 is 57.0. The molecule has 126 valence electrons. The van der Waals surface area contributed by atoms with Crippen LogP contribution < -0.4 is 4.74 Å². The van der Waals surface area contributed by atoms with Gasteiger partial charge in [0.05, 0.1) is 12.1 Å². The molecular weight excluding hydrogens is 352 g/mol. The summed E-state index contributed by atoms with van der Waals surface area (Å²) in [6.45, 7) is -0.744. The Labute approximate surface area is 137 Å². The zero-order valence-electron chi connectivity index (χ0n) is 12.1. The van der Waals surface area contributed by atoms with Crippen molar-refractivity contribution in [3.05, 3.63) is 34.5 Å². The molecule has 1 aromatic carbocycles. The van der Waals surface area contributed by atoms with Gasteiger partial charge in [-0.15, -0.1) is 0 Å². The van der Waals surface area contributed by atoms with Gasteiger partial charge in [0, 0.05) is 5.56 Å². The van der Waals surface area contributed by atoms with Gasteiger partial charge in [-0.2, -0.15) is 23.1 Å². The molecular formula is C14H9ClF4N4O. The van der Waals surface area contributed by atoms with Crippen LogP contribution >= 0.6 is 11.6 Å². The van der Waals surface area contributed by atoms with Crippen molar-refractivity contribution in [3.8, 4) is 17.4 Å². The maximum Gasteiger partial charge on any atom is 0.435 e. The lowest BCUT2D eigenvalue weighted by molar-refractivity contribution is -0.140. The molecule has 0 saturated heterocycles. The summed E-state index contributed by atoms with van der Waals surface area (Å²) in [7, 11) is 1.15. The second kappa shape index (κ2) is 5.90. The molecule has 0 spiro atoms. The molecule has 0 saturated carbocycles. The number of imidazole rings is 1. The molecule has 0 amide bonds. The summed E-state index contributed by atoms with van der Waals surface area (Å²) in [4.78, 5) is 13.6. The lowest BCUT2D eigenvalue weighted by Gasteiger charge is -2.07. The van der Waals surface area contributed by atoms with Crippen molar-refractivity contribution in [1.29, 1.82) is 0 Å². The molecule has 5 nitrogen and oxygen atoms in total. The predicted molar refractivity (Wildman–Crippen MR) is 78.5 cm³/mol. The molecule has 3 aromatic rings. The Hall–Kier alpha value is -2.42. The fourth-order valence-electron chi connectivity index (χ4n) is 2.14. The van der Waals surface area contributed by atoms with Crippen LogP contribution in [0.4, 0.5) is 17.6 Å². The summed E-state index contributed by atoms with van der Waals surface area (Å²) in [5.41, 5.74) is -1.27. The van der Waals surface area contributed by atoms with E-state index in [9.17, 15) is 17.6 Å². The Bertz CT molecular complexity index is 910. The number of methoxy groups -OCH3 is 1. The molecule has 0 aliphatic heterocycles. The number of hydrogen-bond acceptors (Lipinski definition) is 4. The minimum Gasteiger partial charge on any atom is -0.467 e. The van der Waals surface area contributed by atoms with Crippen molar-refractivity contribution < 1.29 is 22.3 Å². The van der Waals surface area contributed by atoms with E-state index in [1.165, 1.54) is 18.2 Å². The summed E-state index contributed by atoms with van der Waals surface area (Å²) in [6.07, 6.45) is -4.73. The van der Waals surface area contributed by atoms with Gasteiger partial charge in [0.2, 0.25) is 0 Å². The number of aromatic amines is 1. The number of aromatic nitrogens is 4. The van der Waals surface area contributed by atoms with Crippen LogP contribution in [-0.2, 0) is 12.9 Å². The standard InChI is InChI=1S/C14H9ClF4N4O/c1-24-13-21-10(14(17,18)19)9-12(23-13)22-11(20-9)7-4-6(5-16)2-3-8(7)15/h2-4H,5H2,1H3,(H,20,21,22,23). The van der Waals surface area contributed by atoms with Gasteiger partial charge in [-0.25, -0.2) is 9.37 Å². The lowest BCUT2D eigenvalue weighted by Crippen LogP contribution is -2.10. The van der Waals surface area contributed by atoms with Gasteiger partial charge in [-0.05, 0) is 17.7 Å². The summed E-state index contributed by atoms with van der Waals surface area (Å²) in [6, 6.07) is 3.85. The van der Waals surface area contributed by atoms with Crippen molar-refractivity contribution >= 4 is 22.8 Å². The third-order valence-corrected chi connectivity index (χ3v) is 3.55. The summed E-state index contributed by atoms with van der Waals surface area (Å²) >= 11 is 6.04. The van der Waals surface area contributed by atoms with Gasteiger partial charge in [0.25, 0.3) is 0 Å². The molecule has 10 heteroatoms. The Kier molecular flexibility index (Phi) is 4.04. The Balaban J connectivity index is 2.25. The monoisotopic (exact) mass is 360 g/mol. The van der Waals surface area contributed by atoms with Crippen molar-refractivity contribution in [2.45, 2.75) is 12.9 Å². The minimum atomic E-state index is -4.73. The van der Waals surface area contributed by atoms with Gasteiger partial charge in [0.1, 0.15) is 18.0 Å². The van der Waals surface area contributed by atoms with Gasteiger partial charge in [-0.1, -0.05) is 17.7 Å². The number of H-pyrrole nitrogens is 1. The fourth-order valence-corrected chi connectivity index (χ4v) is 2.35. The van der Waals surface area contributed by atoms with Crippen LogP contribution in [0.3, 0.4) is 0 Å². The molecule has 24 heavy (non-hydrogen) atoms. The molecule has 0 aliphatic carbocycles. The molecule has 2 heterocycles. The highest BCUT2D eigenvalue weighted by molar-refractivity contribution is 6.33. The largest absolute Gasteiger partial charge is 0.467 e. The summed E-state index contributed by atoms with van der Waals surface area (Å²) in [5.74, 6) is 0.0263. The SMILES string of the molecule is COc1nc(C(F)(F)F)c2[nH]c(-c3cc(CF)ccc3Cl)nc2n1. The molecule has 0 radical (unpaired) electrons. The second-order valence-electron chi connectivity index (χ2n) is 4.79. The van der Waals surface area contributed by atoms with Gasteiger partial charge >= 0.3 is 12.2 Å². The highest BCUT2D eigenvalue weighted by Crippen LogP contribution is 2.35. The molecule has 0 fully saturated rings. The summed E-state index contributed by atoms with van der Waals surface area (Å²) in [5, 5.41) is 0.208. The normalized spacial score (nSPS) is 11.9. The number of alkyl halides is 4. The third kappa shape index (κ3) is 2.86. The van der Waals surface area contributed by atoms with E-state index in [0.717, 1.165) is 7.11 Å². The predicted octanol–water partition coefficient (Wildman–Crippen LogP) is 4.17. The number of halogens is 5. The zero-order valence-corrected chi connectivity index (χ0v) is 12.8. The average molecular weight is 361 g/mol. The van der Waals surface area contributed by atoms with E-state index in [-0.39, 0.29) is 22.1 Å². The van der Waals surface area contributed by atoms with E-state index in [1.807, 2.05) is 0 Å². The van der Waals surface area contributed by atoms with Crippen molar-refractivity contribution in [3.63, 3.8) is 0 Å². The van der Waals surface area contributed by atoms with E-state index in [1.54, 1.807) is 0 Å². The van der Waals surface area contributed by atoms with Crippen LogP contribution in [-0.4, -0.2) is 27.0 Å². The molecule has 0 unspecified atom stereocenters. The third-order valence-electron chi connectivity index (χ3n) is 3.22. The van der Waals surface area contributed by atoms with Crippen LogP contribution in [0, 0.1) is 0 Å². The topological polar surface area (TPSA) is 63.7 Å². The van der Waals surface area contributed by atoms with E-state index < -0.39 is 30.1 Å². The smallest absolute Gasteiger partial charge is 0.435 e. The molecule has 1 N–H and O–H groups in total. The first-order chi connectivity index (χ1) is 11.3. The van der Waals surface area contributed by atoms with Crippen molar-refractivity contribution in [1.82, 2.24) is 19.9 Å². The molecule has 0 aliphatic rings.